The van der Waals surface area contributed by atoms with E-state index in [9.17, 15) is 9.50 Å². The van der Waals surface area contributed by atoms with Crippen LogP contribution in [-0.2, 0) is 11.3 Å². The van der Waals surface area contributed by atoms with Crippen molar-refractivity contribution in [2.45, 2.75) is 19.6 Å². The van der Waals surface area contributed by atoms with E-state index in [1.807, 2.05) is 19.1 Å². The zero-order valence-electron chi connectivity index (χ0n) is 15.6. The van der Waals surface area contributed by atoms with Crippen LogP contribution >= 0.6 is 0 Å². The number of morpholine rings is 1. The quantitative estimate of drug-likeness (QED) is 0.730. The van der Waals surface area contributed by atoms with Crippen molar-refractivity contribution in [1.29, 1.82) is 0 Å². The van der Waals surface area contributed by atoms with E-state index in [0.29, 0.717) is 30.0 Å². The van der Waals surface area contributed by atoms with Crippen molar-refractivity contribution in [3.63, 3.8) is 0 Å². The number of hydrogen-bond acceptors (Lipinski definition) is 6. The number of benzene rings is 2. The van der Waals surface area contributed by atoms with Crippen molar-refractivity contribution in [1.82, 2.24) is 9.97 Å². The first-order chi connectivity index (χ1) is 13.6. The molecule has 146 valence electrons. The fourth-order valence-electron chi connectivity index (χ4n) is 3.35. The van der Waals surface area contributed by atoms with Gasteiger partial charge in [-0.1, -0.05) is 6.07 Å². The molecule has 1 N–H and O–H groups in total. The summed E-state index contributed by atoms with van der Waals surface area (Å²) in [6.45, 7) is 4.62. The van der Waals surface area contributed by atoms with Gasteiger partial charge in [0, 0.05) is 24.7 Å². The number of hydrogen-bond donors (Lipinski definition) is 1. The summed E-state index contributed by atoms with van der Waals surface area (Å²) in [5.74, 6) is 0.868. The monoisotopic (exact) mass is 383 g/mol. The molecule has 0 spiro atoms. The molecule has 2 heterocycles. The van der Waals surface area contributed by atoms with Gasteiger partial charge in [-0.25, -0.2) is 9.37 Å². The van der Waals surface area contributed by atoms with Crippen LogP contribution in [0.5, 0.6) is 5.75 Å². The SMILES string of the molecule is CC(Oc1cccc(F)c1)c1cc(CO)cc2ncc(N3CCOCC3)nc12. The first kappa shape index (κ1) is 18.6. The Balaban J connectivity index is 1.73. The molecule has 1 aromatic heterocycles. The molecule has 1 saturated heterocycles. The highest BCUT2D eigenvalue weighted by atomic mass is 19.1. The zero-order chi connectivity index (χ0) is 19.5. The summed E-state index contributed by atoms with van der Waals surface area (Å²) < 4.78 is 24.9. The zero-order valence-corrected chi connectivity index (χ0v) is 15.6. The van der Waals surface area contributed by atoms with E-state index in [1.54, 1.807) is 18.3 Å². The number of rotatable bonds is 5. The topological polar surface area (TPSA) is 67.7 Å². The molecule has 7 heteroatoms. The predicted octanol–water partition coefficient (Wildman–Crippen LogP) is 3.24. The molecule has 0 amide bonds. The Labute approximate surface area is 162 Å². The van der Waals surface area contributed by atoms with E-state index in [-0.39, 0.29) is 12.4 Å². The lowest BCUT2D eigenvalue weighted by molar-refractivity contribution is 0.122. The average molecular weight is 383 g/mol. The van der Waals surface area contributed by atoms with E-state index in [2.05, 4.69) is 9.88 Å². The summed E-state index contributed by atoms with van der Waals surface area (Å²) in [5, 5.41) is 9.63. The normalized spacial score (nSPS) is 15.6. The van der Waals surface area contributed by atoms with E-state index < -0.39 is 6.10 Å². The first-order valence-electron chi connectivity index (χ1n) is 9.29. The number of nitrogens with zero attached hydrogens (tertiary/aromatic N) is 3. The first-order valence-corrected chi connectivity index (χ1v) is 9.29. The van der Waals surface area contributed by atoms with Crippen LogP contribution in [0.1, 0.15) is 24.2 Å². The standard InChI is InChI=1S/C21H22FN3O3/c1-14(28-17-4-2-3-16(22)11-17)18-9-15(13-26)10-19-21(18)24-20(12-23-19)25-5-7-27-8-6-25/h2-4,9-12,14,26H,5-8,13H2,1H3. The fourth-order valence-corrected chi connectivity index (χ4v) is 3.35. The van der Waals surface area contributed by atoms with E-state index >= 15 is 0 Å². The molecule has 1 fully saturated rings. The summed E-state index contributed by atoms with van der Waals surface area (Å²) in [6, 6.07) is 9.73. The number of anilines is 1. The van der Waals surface area contributed by atoms with Gasteiger partial charge >= 0.3 is 0 Å². The van der Waals surface area contributed by atoms with Crippen LogP contribution in [0.25, 0.3) is 11.0 Å². The molecule has 4 rings (SSSR count). The van der Waals surface area contributed by atoms with Crippen molar-refractivity contribution in [2.75, 3.05) is 31.2 Å². The molecule has 1 aliphatic heterocycles. The lowest BCUT2D eigenvalue weighted by atomic mass is 10.0. The molecule has 3 aromatic rings. The van der Waals surface area contributed by atoms with Gasteiger partial charge in [0.15, 0.2) is 0 Å². The number of halogens is 1. The second kappa shape index (κ2) is 8.08. The minimum Gasteiger partial charge on any atom is -0.486 e. The van der Waals surface area contributed by atoms with Crippen LogP contribution in [0.4, 0.5) is 10.2 Å². The Bertz CT molecular complexity index is 976. The second-order valence-electron chi connectivity index (χ2n) is 6.76. The Hall–Kier alpha value is -2.77. The largest absolute Gasteiger partial charge is 0.486 e. The number of aliphatic hydroxyl groups is 1. The highest BCUT2D eigenvalue weighted by Gasteiger charge is 2.18. The molecule has 1 aliphatic rings. The van der Waals surface area contributed by atoms with Crippen LogP contribution in [0.15, 0.2) is 42.6 Å². The number of aliphatic hydroxyl groups excluding tert-OH is 1. The summed E-state index contributed by atoms with van der Waals surface area (Å²) in [5.41, 5.74) is 2.93. The van der Waals surface area contributed by atoms with E-state index in [4.69, 9.17) is 14.5 Å². The third-order valence-electron chi connectivity index (χ3n) is 4.79. The third kappa shape index (κ3) is 3.90. The van der Waals surface area contributed by atoms with Crippen molar-refractivity contribution in [3.8, 4) is 5.75 Å². The van der Waals surface area contributed by atoms with Crippen molar-refractivity contribution >= 4 is 16.9 Å². The van der Waals surface area contributed by atoms with Crippen LogP contribution in [0.2, 0.25) is 0 Å². The fraction of sp³-hybridized carbons (Fsp3) is 0.333. The maximum Gasteiger partial charge on any atom is 0.148 e. The molecule has 6 nitrogen and oxygen atoms in total. The summed E-state index contributed by atoms with van der Waals surface area (Å²) in [7, 11) is 0. The summed E-state index contributed by atoms with van der Waals surface area (Å²) >= 11 is 0. The molecule has 2 aromatic carbocycles. The van der Waals surface area contributed by atoms with Gasteiger partial charge in [-0.15, -0.1) is 0 Å². The predicted molar refractivity (Wildman–Crippen MR) is 104 cm³/mol. The van der Waals surface area contributed by atoms with Gasteiger partial charge < -0.3 is 19.5 Å². The molecular formula is C21H22FN3O3. The average Bonchev–Trinajstić information content (AvgIpc) is 2.73. The van der Waals surface area contributed by atoms with Crippen LogP contribution in [0.3, 0.4) is 0 Å². The van der Waals surface area contributed by atoms with E-state index in [1.165, 1.54) is 12.1 Å². The van der Waals surface area contributed by atoms with Gasteiger partial charge in [-0.3, -0.25) is 4.98 Å². The molecule has 0 saturated carbocycles. The lowest BCUT2D eigenvalue weighted by Crippen LogP contribution is -2.36. The van der Waals surface area contributed by atoms with E-state index in [0.717, 1.165) is 30.0 Å². The van der Waals surface area contributed by atoms with Gasteiger partial charge in [-0.05, 0) is 36.8 Å². The summed E-state index contributed by atoms with van der Waals surface area (Å²) in [4.78, 5) is 11.5. The van der Waals surface area contributed by atoms with Crippen molar-refractivity contribution in [3.05, 3.63) is 59.5 Å². The minimum absolute atomic E-state index is 0.109. The Morgan fingerprint density at radius 2 is 2.07 bits per heavy atom. The highest BCUT2D eigenvalue weighted by Crippen LogP contribution is 2.29. The second-order valence-corrected chi connectivity index (χ2v) is 6.76. The van der Waals surface area contributed by atoms with Gasteiger partial charge in [-0.2, -0.15) is 0 Å². The molecular weight excluding hydrogens is 361 g/mol. The maximum absolute atomic E-state index is 13.5. The van der Waals surface area contributed by atoms with Gasteiger partial charge in [0.1, 0.15) is 23.5 Å². The number of fused-ring (bicyclic) bond motifs is 1. The highest BCUT2D eigenvalue weighted by molar-refractivity contribution is 5.80. The van der Waals surface area contributed by atoms with Crippen molar-refractivity contribution < 1.29 is 19.0 Å². The van der Waals surface area contributed by atoms with Gasteiger partial charge in [0.05, 0.1) is 37.1 Å². The third-order valence-corrected chi connectivity index (χ3v) is 4.79. The molecule has 1 unspecified atom stereocenters. The maximum atomic E-state index is 13.5. The van der Waals surface area contributed by atoms with Gasteiger partial charge in [0.25, 0.3) is 0 Å². The molecule has 28 heavy (non-hydrogen) atoms. The van der Waals surface area contributed by atoms with Gasteiger partial charge in [0.2, 0.25) is 0 Å². The van der Waals surface area contributed by atoms with Crippen LogP contribution in [-0.4, -0.2) is 41.4 Å². The molecule has 1 atom stereocenters. The Kier molecular flexibility index (Phi) is 5.36. The molecule has 0 aliphatic carbocycles. The van der Waals surface area contributed by atoms with Crippen LogP contribution < -0.4 is 9.64 Å². The molecule has 0 bridgehead atoms. The number of aromatic nitrogens is 2. The van der Waals surface area contributed by atoms with Crippen molar-refractivity contribution in [2.24, 2.45) is 0 Å². The van der Waals surface area contributed by atoms with Crippen LogP contribution in [0, 0.1) is 5.82 Å². The summed E-state index contributed by atoms with van der Waals surface area (Å²) in [6.07, 6.45) is 1.35. The number of ether oxygens (including phenoxy) is 2. The lowest BCUT2D eigenvalue weighted by Gasteiger charge is -2.28. The minimum atomic E-state index is -0.398. The molecule has 0 radical (unpaired) electrons. The Morgan fingerprint density at radius 1 is 1.25 bits per heavy atom. The smallest absolute Gasteiger partial charge is 0.148 e. The Morgan fingerprint density at radius 3 is 2.82 bits per heavy atom.